The van der Waals surface area contributed by atoms with Crippen molar-refractivity contribution in [2.45, 2.75) is 44.8 Å². The molecule has 2 aromatic carbocycles. The Bertz CT molecular complexity index is 2380. The molecule has 1 saturated carbocycles. The van der Waals surface area contributed by atoms with Gasteiger partial charge in [-0.1, -0.05) is 0 Å². The van der Waals surface area contributed by atoms with Gasteiger partial charge in [0.15, 0.2) is 23.1 Å². The quantitative estimate of drug-likeness (QED) is 0.273. The number of methoxy groups -OCH3 is 1. The molecule has 3 aromatic heterocycles. The molecule has 3 fully saturated rings. The van der Waals surface area contributed by atoms with Gasteiger partial charge in [0.05, 0.1) is 35.0 Å². The van der Waals surface area contributed by atoms with Crippen molar-refractivity contribution >= 4 is 33.2 Å². The van der Waals surface area contributed by atoms with E-state index in [0.717, 1.165) is 25.9 Å². The third kappa shape index (κ3) is 5.15. The second kappa shape index (κ2) is 12.3. The van der Waals surface area contributed by atoms with E-state index in [2.05, 4.69) is 20.4 Å². The average molecular weight is 715 g/mol. The summed E-state index contributed by atoms with van der Waals surface area (Å²) in [5.74, 6) is -0.657. The number of halogens is 2. The first-order valence-electron chi connectivity index (χ1n) is 17.9. The van der Waals surface area contributed by atoms with Crippen LogP contribution in [0.1, 0.15) is 38.8 Å². The SMILES string of the molecule is COc1c(N2CCNC(C)C2)c(F)cc2c(=O)c(-c3nnc(-c4cn5c6c(c(N7CCN(C)CC7)c(F)cc6c4=O)OCC5C)o3)cn(C3CC3)c12. The van der Waals surface area contributed by atoms with Crippen molar-refractivity contribution in [3.05, 3.63) is 56.6 Å². The molecule has 3 aliphatic heterocycles. The standard InChI is InChI=1S/C37H40F2N8O5/c1-19-15-45(8-7-40-19)30-26(38)13-22-28(34(30)50-4)47(21-5-6-21)17-25(32(22)48)37-42-41-36(52-37)24-16-46-20(2)18-51-35-29(46)23(33(24)49)14-27(39)31(35)44-11-9-43(3)10-12-44/h13-14,16-17,19-21,40H,5-12,15,18H2,1-4H3. The molecule has 0 amide bonds. The first-order valence-corrected chi connectivity index (χ1v) is 17.9. The van der Waals surface area contributed by atoms with Crippen LogP contribution in [-0.4, -0.2) is 96.9 Å². The van der Waals surface area contributed by atoms with Crippen LogP contribution in [0.2, 0.25) is 0 Å². The van der Waals surface area contributed by atoms with Crippen LogP contribution in [0.25, 0.3) is 44.7 Å². The van der Waals surface area contributed by atoms with Gasteiger partial charge in [-0.25, -0.2) is 8.78 Å². The number of nitrogens with one attached hydrogen (secondary N) is 1. The molecule has 1 aliphatic carbocycles. The lowest BCUT2D eigenvalue weighted by atomic mass is 10.1. The fraction of sp³-hybridized carbons (Fsp3) is 0.459. The Morgan fingerprint density at radius 3 is 2.12 bits per heavy atom. The van der Waals surface area contributed by atoms with E-state index in [0.29, 0.717) is 66.6 Å². The molecule has 2 saturated heterocycles. The number of likely N-dealkylation sites (N-methyl/N-ethyl adjacent to an activating group) is 1. The summed E-state index contributed by atoms with van der Waals surface area (Å²) >= 11 is 0. The van der Waals surface area contributed by atoms with Crippen molar-refractivity contribution in [3.8, 4) is 34.4 Å². The summed E-state index contributed by atoms with van der Waals surface area (Å²) in [6, 6.07) is 2.57. The van der Waals surface area contributed by atoms with Gasteiger partial charge < -0.3 is 43.0 Å². The van der Waals surface area contributed by atoms with Crippen LogP contribution in [0, 0.1) is 11.6 Å². The molecule has 0 spiro atoms. The Kier molecular flexibility index (Phi) is 7.77. The largest absolute Gasteiger partial charge is 0.492 e. The molecule has 13 nitrogen and oxygen atoms in total. The molecule has 272 valence electrons. The van der Waals surface area contributed by atoms with Crippen LogP contribution >= 0.6 is 0 Å². The minimum atomic E-state index is -0.556. The summed E-state index contributed by atoms with van der Waals surface area (Å²) in [5, 5.41) is 12.1. The van der Waals surface area contributed by atoms with E-state index in [-0.39, 0.29) is 58.4 Å². The fourth-order valence-electron chi connectivity index (χ4n) is 7.99. The molecule has 2 unspecified atom stereocenters. The van der Waals surface area contributed by atoms with Crippen molar-refractivity contribution in [3.63, 3.8) is 0 Å². The van der Waals surface area contributed by atoms with Crippen molar-refractivity contribution in [1.82, 2.24) is 29.5 Å². The third-order valence-corrected chi connectivity index (χ3v) is 10.9. The van der Waals surface area contributed by atoms with Crippen molar-refractivity contribution in [2.24, 2.45) is 0 Å². The van der Waals surface area contributed by atoms with Gasteiger partial charge in [0.2, 0.25) is 10.9 Å². The smallest absolute Gasteiger partial charge is 0.253 e. The molecule has 5 aromatic rings. The van der Waals surface area contributed by atoms with E-state index in [1.165, 1.54) is 19.2 Å². The number of ether oxygens (including phenoxy) is 2. The molecule has 52 heavy (non-hydrogen) atoms. The summed E-state index contributed by atoms with van der Waals surface area (Å²) in [4.78, 5) is 34.4. The summed E-state index contributed by atoms with van der Waals surface area (Å²) < 4.78 is 53.9. The lowest BCUT2D eigenvalue weighted by Gasteiger charge is -2.37. The number of rotatable bonds is 6. The first kappa shape index (κ1) is 32.9. The zero-order chi connectivity index (χ0) is 36.0. The summed E-state index contributed by atoms with van der Waals surface area (Å²) in [5.41, 5.74) is 0.868. The first-order chi connectivity index (χ1) is 25.1. The Hall–Kier alpha value is -5.02. The number of benzene rings is 2. The van der Waals surface area contributed by atoms with E-state index >= 15 is 8.78 Å². The van der Waals surface area contributed by atoms with Gasteiger partial charge in [-0.2, -0.15) is 0 Å². The van der Waals surface area contributed by atoms with Crippen LogP contribution in [0.3, 0.4) is 0 Å². The van der Waals surface area contributed by atoms with Crippen molar-refractivity contribution < 1.29 is 22.7 Å². The molecule has 4 aliphatic rings. The van der Waals surface area contributed by atoms with E-state index in [4.69, 9.17) is 13.9 Å². The molecule has 6 heterocycles. The van der Waals surface area contributed by atoms with E-state index in [1.54, 1.807) is 12.4 Å². The lowest BCUT2D eigenvalue weighted by Crippen LogP contribution is -2.49. The van der Waals surface area contributed by atoms with Gasteiger partial charge in [0.25, 0.3) is 11.8 Å². The van der Waals surface area contributed by atoms with E-state index < -0.39 is 22.5 Å². The zero-order valence-electron chi connectivity index (χ0n) is 29.5. The minimum Gasteiger partial charge on any atom is -0.492 e. The van der Waals surface area contributed by atoms with Gasteiger partial charge in [0.1, 0.15) is 29.1 Å². The second-order valence-electron chi connectivity index (χ2n) is 14.5. The molecule has 1 N–H and O–H groups in total. The maximum Gasteiger partial charge on any atom is 0.253 e. The van der Waals surface area contributed by atoms with Crippen LogP contribution in [0.5, 0.6) is 11.5 Å². The molecular formula is C37H40F2N8O5. The number of fused-ring (bicyclic) bond motifs is 1. The molecule has 15 heteroatoms. The van der Waals surface area contributed by atoms with Crippen LogP contribution < -0.4 is 35.4 Å². The predicted octanol–water partition coefficient (Wildman–Crippen LogP) is 4.16. The minimum absolute atomic E-state index is 0.0696. The van der Waals surface area contributed by atoms with Gasteiger partial charge >= 0.3 is 0 Å². The third-order valence-electron chi connectivity index (χ3n) is 10.9. The topological polar surface area (TPSA) is 123 Å². The van der Waals surface area contributed by atoms with Crippen molar-refractivity contribution in [1.29, 1.82) is 0 Å². The highest BCUT2D eigenvalue weighted by Crippen LogP contribution is 2.45. The van der Waals surface area contributed by atoms with Crippen LogP contribution in [0.4, 0.5) is 20.2 Å². The van der Waals surface area contributed by atoms with E-state index in [9.17, 15) is 9.59 Å². The van der Waals surface area contributed by atoms with E-state index in [1.807, 2.05) is 39.8 Å². The molecular weight excluding hydrogens is 674 g/mol. The second-order valence-corrected chi connectivity index (χ2v) is 14.5. The highest BCUT2D eigenvalue weighted by Gasteiger charge is 2.34. The highest BCUT2D eigenvalue weighted by molar-refractivity contribution is 5.95. The number of pyridine rings is 2. The number of anilines is 2. The number of hydrogen-bond acceptors (Lipinski definition) is 11. The van der Waals surface area contributed by atoms with Gasteiger partial charge in [-0.05, 0) is 45.9 Å². The van der Waals surface area contributed by atoms with Crippen molar-refractivity contribution in [2.75, 3.05) is 76.4 Å². The maximum atomic E-state index is 16.0. The fourth-order valence-corrected chi connectivity index (χ4v) is 7.99. The number of nitrogens with zero attached hydrogens (tertiary/aromatic N) is 7. The Labute approximate surface area is 297 Å². The normalized spacial score (nSPS) is 20.9. The number of piperazine rings is 2. The number of hydrogen-bond donors (Lipinski definition) is 1. The van der Waals surface area contributed by atoms with Gasteiger partial charge in [-0.3, -0.25) is 9.59 Å². The Morgan fingerprint density at radius 1 is 0.846 bits per heavy atom. The van der Waals surface area contributed by atoms with Gasteiger partial charge in [-0.15, -0.1) is 10.2 Å². The zero-order valence-corrected chi connectivity index (χ0v) is 29.5. The summed E-state index contributed by atoms with van der Waals surface area (Å²) in [7, 11) is 3.52. The molecule has 0 bridgehead atoms. The Balaban J connectivity index is 1.17. The van der Waals surface area contributed by atoms with Crippen LogP contribution in [-0.2, 0) is 0 Å². The highest BCUT2D eigenvalue weighted by atomic mass is 19.1. The maximum absolute atomic E-state index is 16.0. The lowest BCUT2D eigenvalue weighted by molar-refractivity contribution is 0.245. The molecule has 2 atom stereocenters. The molecule has 9 rings (SSSR count). The summed E-state index contributed by atoms with van der Waals surface area (Å²) in [6.45, 7) is 8.95. The summed E-state index contributed by atoms with van der Waals surface area (Å²) in [6.07, 6.45) is 5.06. The van der Waals surface area contributed by atoms with Gasteiger partial charge in [0, 0.05) is 70.3 Å². The van der Waals surface area contributed by atoms with Crippen LogP contribution in [0.15, 0.2) is 38.5 Å². The Morgan fingerprint density at radius 2 is 1.48 bits per heavy atom. The predicted molar refractivity (Wildman–Crippen MR) is 193 cm³/mol. The monoisotopic (exact) mass is 714 g/mol. The number of aromatic nitrogens is 4. The molecule has 0 radical (unpaired) electrons. The average Bonchev–Trinajstić information content (AvgIpc) is 3.87.